The monoisotopic (exact) mass is 366 g/mol. The minimum Gasteiger partial charge on any atom is -0.383 e. The van der Waals surface area contributed by atoms with Crippen LogP contribution >= 0.6 is 0 Å². The fraction of sp³-hybridized carbons (Fsp3) is 0.429. The molecule has 0 saturated carbocycles. The molecular weight excluding hydrogens is 340 g/mol. The highest BCUT2D eigenvalue weighted by Crippen LogP contribution is 2.33. The highest BCUT2D eigenvalue weighted by atomic mass is 16.5. The van der Waals surface area contributed by atoms with Gasteiger partial charge in [-0.2, -0.15) is 5.26 Å². The summed E-state index contributed by atoms with van der Waals surface area (Å²) in [6.07, 6.45) is 0.828. The van der Waals surface area contributed by atoms with Crippen molar-refractivity contribution in [1.82, 2.24) is 9.38 Å². The van der Waals surface area contributed by atoms with E-state index in [1.807, 2.05) is 25.1 Å². The van der Waals surface area contributed by atoms with Gasteiger partial charge >= 0.3 is 0 Å². The van der Waals surface area contributed by atoms with E-state index in [9.17, 15) is 5.26 Å². The van der Waals surface area contributed by atoms with Crippen molar-refractivity contribution in [1.29, 1.82) is 5.26 Å². The van der Waals surface area contributed by atoms with Gasteiger partial charge in [-0.05, 0) is 36.6 Å². The fourth-order valence-electron chi connectivity index (χ4n) is 3.65. The van der Waals surface area contributed by atoms with Gasteiger partial charge in [0.25, 0.3) is 0 Å². The number of anilines is 1. The van der Waals surface area contributed by atoms with Gasteiger partial charge in [0.15, 0.2) is 5.65 Å². The number of hydrogen-bond donors (Lipinski definition) is 0. The van der Waals surface area contributed by atoms with Crippen LogP contribution in [0.1, 0.15) is 23.6 Å². The molecule has 0 aliphatic carbocycles. The first-order valence-corrected chi connectivity index (χ1v) is 9.23. The number of nitriles is 1. The Morgan fingerprint density at radius 2 is 1.81 bits per heavy atom. The highest BCUT2D eigenvalue weighted by Gasteiger charge is 2.23. The van der Waals surface area contributed by atoms with E-state index >= 15 is 0 Å². The van der Waals surface area contributed by atoms with Crippen LogP contribution in [0.5, 0.6) is 0 Å². The smallest absolute Gasteiger partial charge is 0.157 e. The lowest BCUT2D eigenvalue weighted by Crippen LogP contribution is -2.33. The van der Waals surface area contributed by atoms with Gasteiger partial charge in [0.05, 0.1) is 29.8 Å². The second kappa shape index (κ2) is 8.38. The van der Waals surface area contributed by atoms with Gasteiger partial charge in [-0.25, -0.2) is 4.98 Å². The van der Waals surface area contributed by atoms with Crippen LogP contribution in [-0.2, 0) is 15.9 Å². The molecule has 6 heteroatoms. The van der Waals surface area contributed by atoms with Crippen LogP contribution in [0.3, 0.4) is 0 Å². The van der Waals surface area contributed by atoms with E-state index in [2.05, 4.69) is 28.4 Å². The van der Waals surface area contributed by atoms with Gasteiger partial charge in [-0.1, -0.05) is 19.1 Å². The van der Waals surface area contributed by atoms with E-state index in [1.54, 1.807) is 14.2 Å². The third-order valence-electron chi connectivity index (χ3n) is 4.99. The average Bonchev–Trinajstić information content (AvgIpc) is 3.06. The number of ether oxygens (including phenoxy) is 2. The van der Waals surface area contributed by atoms with Gasteiger partial charge in [-0.15, -0.1) is 0 Å². The number of hydrogen-bond acceptors (Lipinski definition) is 5. The van der Waals surface area contributed by atoms with Crippen molar-refractivity contribution in [3.63, 3.8) is 0 Å². The molecule has 0 unspecified atom stereocenters. The molecule has 0 amide bonds. The van der Waals surface area contributed by atoms with E-state index in [4.69, 9.17) is 14.5 Å². The van der Waals surface area contributed by atoms with Crippen LogP contribution in [0.2, 0.25) is 0 Å². The topological polar surface area (TPSA) is 62.8 Å². The number of fused-ring (bicyclic) bond motifs is 3. The van der Waals surface area contributed by atoms with Crippen LogP contribution in [0.25, 0.3) is 16.7 Å². The SMILES string of the molecule is CCc1c(C)c(C#N)c2nc3ccccc3n2c1N(CCOC)CCOC. The van der Waals surface area contributed by atoms with Gasteiger partial charge in [0.2, 0.25) is 0 Å². The molecule has 0 radical (unpaired) electrons. The quantitative estimate of drug-likeness (QED) is 0.612. The first kappa shape index (κ1) is 19.2. The molecule has 2 heterocycles. The molecule has 0 N–H and O–H groups in total. The first-order chi connectivity index (χ1) is 13.2. The fourth-order valence-corrected chi connectivity index (χ4v) is 3.65. The largest absolute Gasteiger partial charge is 0.383 e. The third-order valence-corrected chi connectivity index (χ3v) is 4.99. The lowest BCUT2D eigenvalue weighted by Gasteiger charge is -2.29. The van der Waals surface area contributed by atoms with E-state index < -0.39 is 0 Å². The number of pyridine rings is 1. The molecule has 0 bridgehead atoms. The summed E-state index contributed by atoms with van der Waals surface area (Å²) in [5.74, 6) is 1.08. The standard InChI is InChI=1S/C21H26N4O2/c1-5-16-15(2)17(14-22)20-23-18-8-6-7-9-19(18)25(20)21(16)24(10-12-26-3)11-13-27-4/h6-9H,5,10-13H2,1-4H3. The minimum atomic E-state index is 0.611. The summed E-state index contributed by atoms with van der Waals surface area (Å²) in [7, 11) is 3.42. The minimum absolute atomic E-state index is 0.611. The van der Waals surface area contributed by atoms with Crippen molar-refractivity contribution in [2.45, 2.75) is 20.3 Å². The van der Waals surface area contributed by atoms with Crippen LogP contribution in [0.15, 0.2) is 24.3 Å². The summed E-state index contributed by atoms with van der Waals surface area (Å²) in [5.41, 5.74) is 5.41. The van der Waals surface area contributed by atoms with Crippen LogP contribution in [0.4, 0.5) is 5.82 Å². The molecule has 6 nitrogen and oxygen atoms in total. The summed E-state index contributed by atoms with van der Waals surface area (Å²) in [6, 6.07) is 10.4. The predicted molar refractivity (Wildman–Crippen MR) is 107 cm³/mol. The van der Waals surface area contributed by atoms with E-state index in [0.29, 0.717) is 24.4 Å². The molecular formula is C21H26N4O2. The first-order valence-electron chi connectivity index (χ1n) is 9.23. The third kappa shape index (κ3) is 3.36. The molecule has 142 valence electrons. The maximum absolute atomic E-state index is 9.82. The molecule has 0 atom stereocenters. The molecule has 0 aliphatic rings. The van der Waals surface area contributed by atoms with E-state index in [1.165, 1.54) is 0 Å². The van der Waals surface area contributed by atoms with Crippen molar-refractivity contribution < 1.29 is 9.47 Å². The van der Waals surface area contributed by atoms with Crippen molar-refractivity contribution in [3.8, 4) is 6.07 Å². The summed E-state index contributed by atoms with van der Waals surface area (Å²) < 4.78 is 12.8. The molecule has 27 heavy (non-hydrogen) atoms. The number of benzene rings is 1. The number of methoxy groups -OCH3 is 2. The summed E-state index contributed by atoms with van der Waals surface area (Å²) >= 11 is 0. The predicted octanol–water partition coefficient (Wildman–Crippen LogP) is 3.33. The molecule has 3 aromatic rings. The zero-order chi connectivity index (χ0) is 19.4. The molecule has 0 spiro atoms. The Morgan fingerprint density at radius 1 is 1.15 bits per heavy atom. The summed E-state index contributed by atoms with van der Waals surface area (Å²) in [4.78, 5) is 7.06. The van der Waals surface area contributed by atoms with Crippen LogP contribution < -0.4 is 4.90 Å². The normalized spacial score (nSPS) is 11.2. The average molecular weight is 366 g/mol. The van der Waals surface area contributed by atoms with E-state index in [0.717, 1.165) is 47.5 Å². The van der Waals surface area contributed by atoms with Gasteiger partial charge in [-0.3, -0.25) is 4.40 Å². The zero-order valence-electron chi connectivity index (χ0n) is 16.5. The van der Waals surface area contributed by atoms with Crippen molar-refractivity contribution in [2.24, 2.45) is 0 Å². The Morgan fingerprint density at radius 3 is 2.41 bits per heavy atom. The summed E-state index contributed by atoms with van der Waals surface area (Å²) in [6.45, 7) is 6.84. The Bertz CT molecular complexity index is 979. The second-order valence-corrected chi connectivity index (χ2v) is 6.50. The Labute approximate surface area is 159 Å². The highest BCUT2D eigenvalue weighted by molar-refractivity contribution is 5.86. The second-order valence-electron chi connectivity index (χ2n) is 6.50. The van der Waals surface area contributed by atoms with E-state index in [-0.39, 0.29) is 0 Å². The van der Waals surface area contributed by atoms with Crippen LogP contribution in [-0.4, -0.2) is 49.9 Å². The van der Waals surface area contributed by atoms with Crippen molar-refractivity contribution in [2.75, 3.05) is 45.4 Å². The number of aromatic nitrogens is 2. The lowest BCUT2D eigenvalue weighted by molar-refractivity contribution is 0.190. The molecule has 1 aromatic carbocycles. The van der Waals surface area contributed by atoms with Gasteiger partial charge < -0.3 is 14.4 Å². The van der Waals surface area contributed by atoms with Crippen LogP contribution in [0, 0.1) is 18.3 Å². The number of nitrogens with zero attached hydrogens (tertiary/aromatic N) is 4. The molecule has 0 fully saturated rings. The molecule has 0 saturated heterocycles. The summed E-state index contributed by atoms with van der Waals surface area (Å²) in [5, 5.41) is 9.82. The van der Waals surface area contributed by atoms with Gasteiger partial charge in [0.1, 0.15) is 11.9 Å². The maximum Gasteiger partial charge on any atom is 0.157 e. The molecule has 2 aromatic heterocycles. The van der Waals surface area contributed by atoms with Crippen molar-refractivity contribution in [3.05, 3.63) is 41.0 Å². The Kier molecular flexibility index (Phi) is 5.94. The Hall–Kier alpha value is -2.62. The molecule has 3 rings (SSSR count). The van der Waals surface area contributed by atoms with Gasteiger partial charge in [0, 0.05) is 27.3 Å². The maximum atomic E-state index is 9.82. The zero-order valence-corrected chi connectivity index (χ0v) is 16.5. The van der Waals surface area contributed by atoms with Crippen molar-refractivity contribution >= 4 is 22.5 Å². The lowest BCUT2D eigenvalue weighted by atomic mass is 10.0. The Balaban J connectivity index is 2.39. The number of rotatable bonds is 8. The number of imidazole rings is 1. The number of para-hydroxylation sites is 2. The molecule has 0 aliphatic heterocycles.